The molecule has 0 atom stereocenters. The summed E-state index contributed by atoms with van der Waals surface area (Å²) in [6.07, 6.45) is 5.97. The maximum absolute atomic E-state index is 12.5. The van der Waals surface area contributed by atoms with Gasteiger partial charge in [0, 0.05) is 26.2 Å². The van der Waals surface area contributed by atoms with Gasteiger partial charge in [-0.1, -0.05) is 19.8 Å². The summed E-state index contributed by atoms with van der Waals surface area (Å²) in [7, 11) is 0. The second-order valence-electron chi connectivity index (χ2n) is 9.84. The number of carbonyl (C=O) groups excluding carboxylic acids is 2. The SMILES string of the molecule is CCCCCN(CCCCN(CCCCN)C(=O)OC(C)(C)C)C(=O)OC(C)(C)C. The van der Waals surface area contributed by atoms with E-state index in [1.54, 1.807) is 9.80 Å². The fourth-order valence-electron chi connectivity index (χ4n) is 2.85. The Bertz CT molecular complexity index is 440. The summed E-state index contributed by atoms with van der Waals surface area (Å²) in [6, 6.07) is 0. The molecule has 0 fully saturated rings. The Hall–Kier alpha value is -1.50. The topological polar surface area (TPSA) is 85.1 Å². The number of carbonyl (C=O) groups is 2. The number of nitrogens with zero attached hydrogens (tertiary/aromatic N) is 2. The van der Waals surface area contributed by atoms with Crippen LogP contribution in [-0.4, -0.2) is 65.9 Å². The summed E-state index contributed by atoms with van der Waals surface area (Å²) in [6.45, 7) is 16.6. The summed E-state index contributed by atoms with van der Waals surface area (Å²) in [5, 5.41) is 0. The van der Waals surface area contributed by atoms with Crippen molar-refractivity contribution in [3.8, 4) is 0 Å². The lowest BCUT2D eigenvalue weighted by Crippen LogP contribution is -2.39. The van der Waals surface area contributed by atoms with Crippen LogP contribution in [0.3, 0.4) is 0 Å². The number of rotatable bonds is 13. The van der Waals surface area contributed by atoms with E-state index in [1.165, 1.54) is 0 Å². The van der Waals surface area contributed by atoms with E-state index in [1.807, 2.05) is 41.5 Å². The highest BCUT2D eigenvalue weighted by molar-refractivity contribution is 5.68. The Labute approximate surface area is 184 Å². The molecular weight excluding hydrogens is 382 g/mol. The second-order valence-corrected chi connectivity index (χ2v) is 9.84. The third-order valence-corrected chi connectivity index (χ3v) is 4.32. The van der Waals surface area contributed by atoms with Crippen molar-refractivity contribution in [3.05, 3.63) is 0 Å². The highest BCUT2D eigenvalue weighted by Crippen LogP contribution is 2.14. The lowest BCUT2D eigenvalue weighted by molar-refractivity contribution is 0.0207. The molecule has 0 aliphatic rings. The Kier molecular flexibility index (Phi) is 13.8. The van der Waals surface area contributed by atoms with Gasteiger partial charge in [-0.2, -0.15) is 0 Å². The Balaban J connectivity index is 4.71. The minimum atomic E-state index is -0.518. The number of amides is 2. The maximum Gasteiger partial charge on any atom is 0.410 e. The van der Waals surface area contributed by atoms with Gasteiger partial charge in [0.1, 0.15) is 11.2 Å². The van der Waals surface area contributed by atoms with Crippen LogP contribution in [0, 0.1) is 0 Å². The summed E-state index contributed by atoms with van der Waals surface area (Å²) >= 11 is 0. The molecule has 0 saturated carbocycles. The van der Waals surface area contributed by atoms with Crippen LogP contribution in [0.2, 0.25) is 0 Å². The zero-order valence-electron chi connectivity index (χ0n) is 20.6. The first-order valence-electron chi connectivity index (χ1n) is 11.6. The molecule has 0 aromatic rings. The quantitative estimate of drug-likeness (QED) is 0.408. The molecule has 178 valence electrons. The molecule has 0 rings (SSSR count). The zero-order valence-corrected chi connectivity index (χ0v) is 20.6. The van der Waals surface area contributed by atoms with Crippen LogP contribution in [0.4, 0.5) is 9.59 Å². The molecule has 0 heterocycles. The predicted octanol–water partition coefficient (Wildman–Crippen LogP) is 5.17. The van der Waals surface area contributed by atoms with Crippen LogP contribution >= 0.6 is 0 Å². The number of unbranched alkanes of at least 4 members (excludes halogenated alkanes) is 4. The average Bonchev–Trinajstić information content (AvgIpc) is 2.59. The minimum absolute atomic E-state index is 0.259. The number of ether oxygens (including phenoxy) is 2. The van der Waals surface area contributed by atoms with E-state index in [-0.39, 0.29) is 12.2 Å². The van der Waals surface area contributed by atoms with Gasteiger partial charge in [0.2, 0.25) is 0 Å². The van der Waals surface area contributed by atoms with Crippen LogP contribution < -0.4 is 5.73 Å². The standard InChI is InChI=1S/C23H47N3O4/c1-8-9-11-16-25(20(27)29-22(2,3)4)18-13-14-19-26(17-12-10-15-24)21(28)30-23(5,6)7/h8-19,24H2,1-7H3. The molecule has 0 aromatic heterocycles. The molecule has 0 aliphatic carbocycles. The smallest absolute Gasteiger partial charge is 0.410 e. The van der Waals surface area contributed by atoms with Gasteiger partial charge in [-0.25, -0.2) is 9.59 Å². The van der Waals surface area contributed by atoms with E-state index in [2.05, 4.69) is 6.92 Å². The molecule has 0 unspecified atom stereocenters. The van der Waals surface area contributed by atoms with Gasteiger partial charge in [0.05, 0.1) is 0 Å². The van der Waals surface area contributed by atoms with E-state index in [0.29, 0.717) is 32.7 Å². The lowest BCUT2D eigenvalue weighted by Gasteiger charge is -2.29. The molecule has 0 aromatic carbocycles. The van der Waals surface area contributed by atoms with Crippen molar-refractivity contribution in [1.29, 1.82) is 0 Å². The number of hydrogen-bond donors (Lipinski definition) is 1. The van der Waals surface area contributed by atoms with E-state index in [4.69, 9.17) is 15.2 Å². The van der Waals surface area contributed by atoms with E-state index in [9.17, 15) is 9.59 Å². The molecule has 0 radical (unpaired) electrons. The van der Waals surface area contributed by atoms with Gasteiger partial charge in [0.25, 0.3) is 0 Å². The Morgan fingerprint density at radius 2 is 1.00 bits per heavy atom. The van der Waals surface area contributed by atoms with Gasteiger partial charge >= 0.3 is 12.2 Å². The van der Waals surface area contributed by atoms with Crippen molar-refractivity contribution in [2.24, 2.45) is 5.73 Å². The molecule has 7 heteroatoms. The number of hydrogen-bond acceptors (Lipinski definition) is 5. The molecule has 30 heavy (non-hydrogen) atoms. The van der Waals surface area contributed by atoms with Crippen LogP contribution in [0.25, 0.3) is 0 Å². The molecule has 0 spiro atoms. The predicted molar refractivity (Wildman–Crippen MR) is 123 cm³/mol. The fourth-order valence-corrected chi connectivity index (χ4v) is 2.85. The summed E-state index contributed by atoms with van der Waals surface area (Å²) in [5.74, 6) is 0. The molecular formula is C23H47N3O4. The normalized spacial score (nSPS) is 11.9. The maximum atomic E-state index is 12.5. The van der Waals surface area contributed by atoms with Crippen LogP contribution in [0.5, 0.6) is 0 Å². The minimum Gasteiger partial charge on any atom is -0.444 e. The Morgan fingerprint density at radius 3 is 1.30 bits per heavy atom. The van der Waals surface area contributed by atoms with E-state index >= 15 is 0 Å². The second kappa shape index (κ2) is 14.5. The third kappa shape index (κ3) is 15.4. The van der Waals surface area contributed by atoms with Crippen molar-refractivity contribution in [1.82, 2.24) is 9.80 Å². The van der Waals surface area contributed by atoms with E-state index < -0.39 is 11.2 Å². The van der Waals surface area contributed by atoms with Gasteiger partial charge in [-0.15, -0.1) is 0 Å². The van der Waals surface area contributed by atoms with E-state index in [0.717, 1.165) is 44.9 Å². The van der Waals surface area contributed by atoms with Crippen molar-refractivity contribution < 1.29 is 19.1 Å². The third-order valence-electron chi connectivity index (χ3n) is 4.32. The fraction of sp³-hybridized carbons (Fsp3) is 0.913. The van der Waals surface area contributed by atoms with Crippen molar-refractivity contribution in [3.63, 3.8) is 0 Å². The molecule has 7 nitrogen and oxygen atoms in total. The average molecular weight is 430 g/mol. The molecule has 0 aliphatic heterocycles. The summed E-state index contributed by atoms with van der Waals surface area (Å²) in [5.41, 5.74) is 4.56. The molecule has 0 bridgehead atoms. The monoisotopic (exact) mass is 429 g/mol. The van der Waals surface area contributed by atoms with Gasteiger partial charge in [-0.05, 0) is 80.2 Å². The van der Waals surface area contributed by atoms with Gasteiger partial charge < -0.3 is 25.0 Å². The highest BCUT2D eigenvalue weighted by Gasteiger charge is 2.23. The molecule has 2 amide bonds. The first kappa shape index (κ1) is 28.5. The molecule has 0 saturated heterocycles. The van der Waals surface area contributed by atoms with Gasteiger partial charge in [-0.3, -0.25) is 0 Å². The summed E-state index contributed by atoms with van der Waals surface area (Å²) < 4.78 is 11.1. The zero-order chi connectivity index (χ0) is 23.2. The van der Waals surface area contributed by atoms with Crippen molar-refractivity contribution in [2.45, 2.75) is 105 Å². The van der Waals surface area contributed by atoms with Crippen LogP contribution in [0.1, 0.15) is 93.4 Å². The van der Waals surface area contributed by atoms with Crippen LogP contribution in [-0.2, 0) is 9.47 Å². The van der Waals surface area contributed by atoms with Crippen molar-refractivity contribution >= 4 is 12.2 Å². The Morgan fingerprint density at radius 1 is 0.667 bits per heavy atom. The lowest BCUT2D eigenvalue weighted by atomic mass is 10.2. The van der Waals surface area contributed by atoms with Crippen molar-refractivity contribution in [2.75, 3.05) is 32.7 Å². The van der Waals surface area contributed by atoms with Gasteiger partial charge in [0.15, 0.2) is 0 Å². The largest absolute Gasteiger partial charge is 0.444 e. The number of nitrogens with two attached hydrogens (primary N) is 1. The highest BCUT2D eigenvalue weighted by atomic mass is 16.6. The summed E-state index contributed by atoms with van der Waals surface area (Å²) in [4.78, 5) is 28.6. The molecule has 2 N–H and O–H groups in total. The first-order chi connectivity index (χ1) is 13.9. The first-order valence-corrected chi connectivity index (χ1v) is 11.6. The van der Waals surface area contributed by atoms with Crippen LogP contribution in [0.15, 0.2) is 0 Å².